The van der Waals surface area contributed by atoms with Crippen molar-refractivity contribution in [2.45, 2.75) is 0 Å². The molecule has 0 bridgehead atoms. The summed E-state index contributed by atoms with van der Waals surface area (Å²) in [5.41, 5.74) is 0.972. The van der Waals surface area contributed by atoms with Gasteiger partial charge in [0.2, 0.25) is 5.43 Å². The number of benzene rings is 1. The predicted molar refractivity (Wildman–Crippen MR) is 71.1 cm³/mol. The van der Waals surface area contributed by atoms with Gasteiger partial charge < -0.3 is 10.3 Å². The van der Waals surface area contributed by atoms with Gasteiger partial charge in [0.15, 0.2) is 5.69 Å². The summed E-state index contributed by atoms with van der Waals surface area (Å²) < 4.78 is 0. The second-order valence-corrected chi connectivity index (χ2v) is 3.99. The number of carbonyl (C=O) groups excluding carboxylic acids is 1. The molecule has 6 heteroatoms. The maximum absolute atomic E-state index is 12.1. The first-order valence-corrected chi connectivity index (χ1v) is 5.67. The molecule has 0 radical (unpaired) electrons. The second kappa shape index (κ2) is 4.41. The Morgan fingerprint density at radius 1 is 1.21 bits per heavy atom. The molecule has 0 fully saturated rings. The van der Waals surface area contributed by atoms with Crippen LogP contribution in [0.3, 0.4) is 0 Å². The highest BCUT2D eigenvalue weighted by Gasteiger charge is 2.14. The lowest BCUT2D eigenvalue weighted by molar-refractivity contribution is 0.102. The number of para-hydroxylation sites is 1. The summed E-state index contributed by atoms with van der Waals surface area (Å²) in [6, 6.07) is 8.64. The van der Waals surface area contributed by atoms with Crippen LogP contribution in [0.5, 0.6) is 0 Å². The maximum atomic E-state index is 12.1. The van der Waals surface area contributed by atoms with Crippen LogP contribution in [0.25, 0.3) is 10.9 Å². The topological polar surface area (TPSA) is 90.6 Å². The van der Waals surface area contributed by atoms with E-state index in [1.54, 1.807) is 6.07 Å². The minimum Gasteiger partial charge on any atom is -0.366 e. The third kappa shape index (κ3) is 1.99. The van der Waals surface area contributed by atoms with Gasteiger partial charge in [-0.05, 0) is 6.07 Å². The fourth-order valence-electron chi connectivity index (χ4n) is 1.83. The van der Waals surface area contributed by atoms with Gasteiger partial charge in [-0.3, -0.25) is 14.7 Å². The first-order valence-electron chi connectivity index (χ1n) is 5.67. The van der Waals surface area contributed by atoms with Crippen LogP contribution in [-0.4, -0.2) is 21.1 Å². The Bertz CT molecular complexity index is 803. The molecule has 0 saturated carbocycles. The van der Waals surface area contributed by atoms with E-state index in [1.165, 1.54) is 18.5 Å². The molecule has 3 rings (SSSR count). The van der Waals surface area contributed by atoms with Crippen LogP contribution in [0.15, 0.2) is 47.5 Å². The number of carbonyl (C=O) groups is 1. The smallest absolute Gasteiger partial charge is 0.276 e. The lowest BCUT2D eigenvalue weighted by atomic mass is 10.2. The molecule has 1 amide bonds. The van der Waals surface area contributed by atoms with E-state index in [1.807, 2.05) is 18.2 Å². The van der Waals surface area contributed by atoms with Gasteiger partial charge in [-0.1, -0.05) is 18.2 Å². The number of hydrogen-bond donors (Lipinski definition) is 3. The molecule has 6 nitrogen and oxygen atoms in total. The molecule has 2 heterocycles. The highest BCUT2D eigenvalue weighted by molar-refractivity contribution is 6.10. The summed E-state index contributed by atoms with van der Waals surface area (Å²) in [5.74, 6) is -0.422. The predicted octanol–water partition coefficient (Wildman–Crippen LogP) is 1.50. The third-order valence-corrected chi connectivity index (χ3v) is 2.76. The summed E-state index contributed by atoms with van der Waals surface area (Å²) in [6.07, 6.45) is 2.94. The number of aromatic nitrogens is 3. The highest BCUT2D eigenvalue weighted by atomic mass is 16.2. The van der Waals surface area contributed by atoms with Crippen LogP contribution in [0.2, 0.25) is 0 Å². The molecular formula is C13H10N4O2. The molecule has 1 aromatic carbocycles. The largest absolute Gasteiger partial charge is 0.366 e. The minimum atomic E-state index is -0.422. The third-order valence-electron chi connectivity index (χ3n) is 2.76. The van der Waals surface area contributed by atoms with Crippen molar-refractivity contribution in [2.24, 2.45) is 0 Å². The Morgan fingerprint density at radius 3 is 2.89 bits per heavy atom. The molecule has 94 valence electrons. The molecule has 0 atom stereocenters. The average molecular weight is 254 g/mol. The zero-order chi connectivity index (χ0) is 13.2. The molecule has 3 N–H and O–H groups in total. The summed E-state index contributed by atoms with van der Waals surface area (Å²) in [4.78, 5) is 26.4. The van der Waals surface area contributed by atoms with Crippen LogP contribution in [0.1, 0.15) is 10.5 Å². The van der Waals surface area contributed by atoms with Crippen molar-refractivity contribution in [3.63, 3.8) is 0 Å². The van der Waals surface area contributed by atoms with Gasteiger partial charge in [-0.15, -0.1) is 0 Å². The first kappa shape index (κ1) is 11.2. The van der Waals surface area contributed by atoms with Gasteiger partial charge in [0.1, 0.15) is 5.69 Å². The molecule has 0 aliphatic heterocycles. The van der Waals surface area contributed by atoms with E-state index in [9.17, 15) is 9.59 Å². The summed E-state index contributed by atoms with van der Waals surface area (Å²) in [7, 11) is 0. The first-order chi connectivity index (χ1) is 9.25. The van der Waals surface area contributed by atoms with Crippen molar-refractivity contribution < 1.29 is 4.79 Å². The normalized spacial score (nSPS) is 10.5. The molecule has 3 aromatic rings. The Morgan fingerprint density at radius 2 is 2.05 bits per heavy atom. The van der Waals surface area contributed by atoms with Gasteiger partial charge in [0.05, 0.1) is 5.52 Å². The quantitative estimate of drug-likeness (QED) is 0.647. The van der Waals surface area contributed by atoms with Crippen LogP contribution >= 0.6 is 0 Å². The van der Waals surface area contributed by atoms with Gasteiger partial charge in [-0.25, -0.2) is 0 Å². The van der Waals surface area contributed by atoms with Gasteiger partial charge in [0.25, 0.3) is 5.91 Å². The molecule has 2 aromatic heterocycles. The van der Waals surface area contributed by atoms with Crippen molar-refractivity contribution >= 4 is 22.5 Å². The monoisotopic (exact) mass is 254 g/mol. The molecule has 0 saturated heterocycles. The minimum absolute atomic E-state index is 0.194. The van der Waals surface area contributed by atoms with E-state index in [0.29, 0.717) is 5.39 Å². The van der Waals surface area contributed by atoms with Crippen molar-refractivity contribution in [2.75, 3.05) is 5.32 Å². The number of nitrogens with one attached hydrogen (secondary N) is 3. The van der Waals surface area contributed by atoms with Crippen LogP contribution in [0, 0.1) is 0 Å². The number of anilines is 1. The van der Waals surface area contributed by atoms with E-state index in [0.717, 1.165) is 5.52 Å². The Labute approximate surface area is 107 Å². The van der Waals surface area contributed by atoms with Crippen molar-refractivity contribution in [3.8, 4) is 0 Å². The molecule has 0 spiro atoms. The molecular weight excluding hydrogens is 244 g/mol. The fourth-order valence-corrected chi connectivity index (χ4v) is 1.83. The number of H-pyrrole nitrogens is 2. The van der Waals surface area contributed by atoms with Crippen LogP contribution in [-0.2, 0) is 0 Å². The van der Waals surface area contributed by atoms with Crippen LogP contribution < -0.4 is 10.7 Å². The van der Waals surface area contributed by atoms with Crippen molar-refractivity contribution in [3.05, 3.63) is 58.6 Å². The summed E-state index contributed by atoms with van der Waals surface area (Å²) in [6.45, 7) is 0. The lowest BCUT2D eigenvalue weighted by Gasteiger charge is -2.01. The van der Waals surface area contributed by atoms with E-state index >= 15 is 0 Å². The number of rotatable bonds is 2. The Kier molecular flexibility index (Phi) is 2.60. The van der Waals surface area contributed by atoms with E-state index in [4.69, 9.17) is 0 Å². The lowest BCUT2D eigenvalue weighted by Crippen LogP contribution is -2.18. The molecule has 19 heavy (non-hydrogen) atoms. The summed E-state index contributed by atoms with van der Waals surface area (Å²) >= 11 is 0. The van der Waals surface area contributed by atoms with Crippen molar-refractivity contribution in [1.29, 1.82) is 0 Å². The number of amides is 1. The molecule has 0 aliphatic carbocycles. The molecule has 0 unspecified atom stereocenters. The second-order valence-electron chi connectivity index (χ2n) is 3.99. The van der Waals surface area contributed by atoms with Gasteiger partial charge in [-0.2, -0.15) is 5.10 Å². The number of hydrogen-bond acceptors (Lipinski definition) is 3. The van der Waals surface area contributed by atoms with E-state index in [-0.39, 0.29) is 16.8 Å². The van der Waals surface area contributed by atoms with Crippen LogP contribution in [0.4, 0.5) is 5.69 Å². The zero-order valence-electron chi connectivity index (χ0n) is 9.81. The maximum Gasteiger partial charge on any atom is 0.276 e. The fraction of sp³-hybridized carbons (Fsp3) is 0. The summed E-state index contributed by atoms with van der Waals surface area (Å²) in [5, 5.41) is 10.00. The number of pyridine rings is 1. The van der Waals surface area contributed by atoms with E-state index in [2.05, 4.69) is 20.5 Å². The average Bonchev–Trinajstić information content (AvgIpc) is 2.85. The standard InChI is InChI=1S/C13H10N4O2/c18-11-5-6-14-7-10(11)15-13(19)12-8-3-1-2-4-9(8)16-17-12/h1-7H,(H,14,18)(H,15,19)(H,16,17). The van der Waals surface area contributed by atoms with E-state index < -0.39 is 5.91 Å². The highest BCUT2D eigenvalue weighted by Crippen LogP contribution is 2.15. The Balaban J connectivity index is 1.97. The Hall–Kier alpha value is -2.89. The molecule has 0 aliphatic rings. The zero-order valence-corrected chi connectivity index (χ0v) is 9.81. The number of nitrogens with zero attached hydrogens (tertiary/aromatic N) is 1. The van der Waals surface area contributed by atoms with Gasteiger partial charge in [0, 0.05) is 23.8 Å². The van der Waals surface area contributed by atoms with Gasteiger partial charge >= 0.3 is 0 Å². The number of aromatic amines is 2. The SMILES string of the molecule is O=C(Nc1c[nH]ccc1=O)c1n[nH]c2ccccc12. The van der Waals surface area contributed by atoms with Crippen molar-refractivity contribution in [1.82, 2.24) is 15.2 Å². The number of fused-ring (bicyclic) bond motifs is 1.